The van der Waals surface area contributed by atoms with Crippen molar-refractivity contribution >= 4 is 28.3 Å². The number of hydrogen-bond acceptors (Lipinski definition) is 5. The zero-order valence-electron chi connectivity index (χ0n) is 17.3. The number of rotatable bonds is 7. The number of benzene rings is 3. The third-order valence-corrected chi connectivity index (χ3v) is 4.74. The van der Waals surface area contributed by atoms with Crippen molar-refractivity contribution in [2.45, 2.75) is 13.0 Å². The van der Waals surface area contributed by atoms with Crippen molar-refractivity contribution in [3.05, 3.63) is 77.4 Å². The van der Waals surface area contributed by atoms with Gasteiger partial charge in [-0.3, -0.25) is 19.6 Å². The molecule has 3 aromatic rings. The highest BCUT2D eigenvalue weighted by Crippen LogP contribution is 2.28. The Kier molecular flexibility index (Phi) is 6.79. The van der Waals surface area contributed by atoms with E-state index in [1.54, 1.807) is 29.7 Å². The van der Waals surface area contributed by atoms with Crippen LogP contribution in [0.15, 0.2) is 60.7 Å². The van der Waals surface area contributed by atoms with E-state index in [9.17, 15) is 9.59 Å². The average molecular weight is 407 g/mol. The maximum Gasteiger partial charge on any atom is 0.274 e. The third kappa shape index (κ3) is 4.83. The monoisotopic (exact) mass is 407 g/mol. The average Bonchev–Trinajstić information content (AvgIpc) is 2.74. The van der Waals surface area contributed by atoms with E-state index >= 15 is 0 Å². The van der Waals surface area contributed by atoms with Crippen LogP contribution < -0.4 is 10.5 Å². The molecular weight excluding hydrogens is 382 g/mol. The standard InChI is InChI=1S/C23H25N3O4/c1-25(2)15-19-14-20(13-18-6-4-5-7-21(18)19)26(30-3)22(27)12-16-8-10-17(11-9-16)23(28)24-29/h4-11,13-14,29H,12,15H2,1-3H3,(H,24,28). The summed E-state index contributed by atoms with van der Waals surface area (Å²) in [5.41, 5.74) is 4.38. The lowest BCUT2D eigenvalue weighted by Gasteiger charge is -2.22. The molecule has 0 aliphatic heterocycles. The predicted molar refractivity (Wildman–Crippen MR) is 115 cm³/mol. The number of amides is 2. The SMILES string of the molecule is CON(C(=O)Cc1ccc(C(=O)NO)cc1)c1cc(CN(C)C)c2ccccc2c1. The number of carbonyl (C=O) groups excluding carboxylic acids is 2. The number of hydrogen-bond donors (Lipinski definition) is 2. The predicted octanol–water partition coefficient (Wildman–Crippen LogP) is 3.16. The van der Waals surface area contributed by atoms with Gasteiger partial charge in [0.1, 0.15) is 0 Å². The number of fused-ring (bicyclic) bond motifs is 1. The van der Waals surface area contributed by atoms with Crippen LogP contribution in [0.5, 0.6) is 0 Å². The first kappa shape index (κ1) is 21.4. The van der Waals surface area contributed by atoms with Gasteiger partial charge in [0.15, 0.2) is 0 Å². The lowest BCUT2D eigenvalue weighted by atomic mass is 10.0. The molecule has 0 aliphatic rings. The molecule has 0 saturated carbocycles. The van der Waals surface area contributed by atoms with Gasteiger partial charge >= 0.3 is 0 Å². The Bertz CT molecular complexity index is 1050. The molecule has 7 nitrogen and oxygen atoms in total. The van der Waals surface area contributed by atoms with Gasteiger partial charge in [-0.1, -0.05) is 36.4 Å². The second-order valence-corrected chi connectivity index (χ2v) is 7.25. The Morgan fingerprint density at radius 3 is 2.37 bits per heavy atom. The summed E-state index contributed by atoms with van der Waals surface area (Å²) < 4.78 is 0. The van der Waals surface area contributed by atoms with Crippen molar-refractivity contribution < 1.29 is 19.6 Å². The number of anilines is 1. The van der Waals surface area contributed by atoms with Gasteiger partial charge in [-0.05, 0) is 60.3 Å². The molecule has 156 valence electrons. The van der Waals surface area contributed by atoms with E-state index < -0.39 is 5.91 Å². The fourth-order valence-electron chi connectivity index (χ4n) is 3.40. The molecule has 0 saturated heterocycles. The van der Waals surface area contributed by atoms with Crippen molar-refractivity contribution in [3.8, 4) is 0 Å². The van der Waals surface area contributed by atoms with Crippen molar-refractivity contribution in [2.75, 3.05) is 26.3 Å². The molecular formula is C23H25N3O4. The first-order valence-corrected chi connectivity index (χ1v) is 9.49. The van der Waals surface area contributed by atoms with Crippen LogP contribution in [0, 0.1) is 0 Å². The van der Waals surface area contributed by atoms with Crippen LogP contribution >= 0.6 is 0 Å². The van der Waals surface area contributed by atoms with Crippen molar-refractivity contribution in [3.63, 3.8) is 0 Å². The Balaban J connectivity index is 1.88. The summed E-state index contributed by atoms with van der Waals surface area (Å²) in [6.07, 6.45) is 0.102. The molecule has 0 aromatic heterocycles. The molecule has 0 bridgehead atoms. The lowest BCUT2D eigenvalue weighted by molar-refractivity contribution is -0.124. The highest BCUT2D eigenvalue weighted by atomic mass is 16.7. The molecule has 0 atom stereocenters. The minimum Gasteiger partial charge on any atom is -0.305 e. The van der Waals surface area contributed by atoms with Crippen molar-refractivity contribution in [2.24, 2.45) is 0 Å². The van der Waals surface area contributed by atoms with E-state index in [1.807, 2.05) is 44.4 Å². The summed E-state index contributed by atoms with van der Waals surface area (Å²) in [4.78, 5) is 31.9. The minimum absolute atomic E-state index is 0.102. The molecule has 0 aliphatic carbocycles. The van der Waals surface area contributed by atoms with E-state index in [0.717, 1.165) is 28.4 Å². The summed E-state index contributed by atoms with van der Waals surface area (Å²) in [5.74, 6) is -0.834. The van der Waals surface area contributed by atoms with Gasteiger partial charge in [-0.15, -0.1) is 0 Å². The second-order valence-electron chi connectivity index (χ2n) is 7.25. The molecule has 0 spiro atoms. The number of carbonyl (C=O) groups is 2. The summed E-state index contributed by atoms with van der Waals surface area (Å²) in [5, 5.41) is 12.2. The maximum absolute atomic E-state index is 13.0. The summed E-state index contributed by atoms with van der Waals surface area (Å²) >= 11 is 0. The zero-order valence-corrected chi connectivity index (χ0v) is 17.3. The zero-order chi connectivity index (χ0) is 21.7. The Labute approximate surface area is 175 Å². The van der Waals surface area contributed by atoms with Gasteiger partial charge < -0.3 is 4.90 Å². The van der Waals surface area contributed by atoms with E-state index in [4.69, 9.17) is 10.0 Å². The van der Waals surface area contributed by atoms with E-state index in [2.05, 4.69) is 11.0 Å². The number of nitrogens with one attached hydrogen (secondary N) is 1. The van der Waals surface area contributed by atoms with Crippen LogP contribution in [0.25, 0.3) is 10.8 Å². The lowest BCUT2D eigenvalue weighted by Crippen LogP contribution is -2.31. The molecule has 0 fully saturated rings. The molecule has 3 aromatic carbocycles. The quantitative estimate of drug-likeness (QED) is 0.464. The second kappa shape index (κ2) is 9.49. The molecule has 30 heavy (non-hydrogen) atoms. The van der Waals surface area contributed by atoms with Crippen molar-refractivity contribution in [1.29, 1.82) is 0 Å². The Morgan fingerprint density at radius 2 is 1.73 bits per heavy atom. The van der Waals surface area contributed by atoms with Gasteiger partial charge in [-0.25, -0.2) is 5.48 Å². The molecule has 2 N–H and O–H groups in total. The number of nitrogens with zero attached hydrogens (tertiary/aromatic N) is 2. The molecule has 2 amide bonds. The van der Waals surface area contributed by atoms with E-state index in [1.165, 1.54) is 12.2 Å². The van der Waals surface area contributed by atoms with Crippen LogP contribution in [0.1, 0.15) is 21.5 Å². The van der Waals surface area contributed by atoms with Gasteiger partial charge in [0.05, 0.1) is 19.2 Å². The first-order valence-electron chi connectivity index (χ1n) is 9.49. The highest BCUT2D eigenvalue weighted by Gasteiger charge is 2.18. The highest BCUT2D eigenvalue weighted by molar-refractivity contribution is 5.97. The first-order chi connectivity index (χ1) is 14.4. The molecule has 0 heterocycles. The topological polar surface area (TPSA) is 82.1 Å². The van der Waals surface area contributed by atoms with Gasteiger partial charge in [0.25, 0.3) is 11.8 Å². The Morgan fingerprint density at radius 1 is 1.03 bits per heavy atom. The number of hydroxylamine groups is 2. The van der Waals surface area contributed by atoms with Crippen molar-refractivity contribution in [1.82, 2.24) is 10.4 Å². The smallest absolute Gasteiger partial charge is 0.274 e. The van der Waals surface area contributed by atoms with Crippen LogP contribution in [0.3, 0.4) is 0 Å². The summed E-state index contributed by atoms with van der Waals surface area (Å²) in [6, 6.07) is 18.4. The normalized spacial score (nSPS) is 11.0. The fraction of sp³-hybridized carbons (Fsp3) is 0.217. The summed E-state index contributed by atoms with van der Waals surface area (Å²) in [6.45, 7) is 0.731. The summed E-state index contributed by atoms with van der Waals surface area (Å²) in [7, 11) is 5.47. The van der Waals surface area contributed by atoms with Crippen LogP contribution in [0.4, 0.5) is 5.69 Å². The fourth-order valence-corrected chi connectivity index (χ4v) is 3.40. The molecule has 0 unspecified atom stereocenters. The molecule has 0 radical (unpaired) electrons. The van der Waals surface area contributed by atoms with Crippen LogP contribution in [-0.4, -0.2) is 43.1 Å². The van der Waals surface area contributed by atoms with Gasteiger partial charge in [0, 0.05) is 12.1 Å². The third-order valence-electron chi connectivity index (χ3n) is 4.74. The maximum atomic E-state index is 13.0. The van der Waals surface area contributed by atoms with E-state index in [0.29, 0.717) is 11.3 Å². The Hall–Kier alpha value is -3.26. The van der Waals surface area contributed by atoms with E-state index in [-0.39, 0.29) is 12.3 Å². The largest absolute Gasteiger partial charge is 0.305 e. The minimum atomic E-state index is -0.601. The van der Waals surface area contributed by atoms with Gasteiger partial charge in [-0.2, -0.15) is 5.06 Å². The van der Waals surface area contributed by atoms with Gasteiger partial charge in [0.2, 0.25) is 0 Å². The van der Waals surface area contributed by atoms with Crippen LogP contribution in [0.2, 0.25) is 0 Å². The molecule has 3 rings (SSSR count). The van der Waals surface area contributed by atoms with Crippen LogP contribution in [-0.2, 0) is 22.6 Å². The molecule has 7 heteroatoms.